The van der Waals surface area contributed by atoms with Crippen LogP contribution in [0.15, 0.2) is 53.4 Å². The largest absolute Gasteiger partial charge is 0.381 e. The third-order valence-corrected chi connectivity index (χ3v) is 4.46. The fraction of sp³-hybridized carbons (Fsp3) is 0.143. The summed E-state index contributed by atoms with van der Waals surface area (Å²) in [5.74, 6) is 0. The Morgan fingerprint density at radius 1 is 1.14 bits per heavy atom. The Morgan fingerprint density at radius 3 is 2.41 bits per heavy atom. The molecule has 0 bridgehead atoms. The lowest BCUT2D eigenvalue weighted by atomic mass is 10.2. The molecule has 0 unspecified atom stereocenters. The molecule has 0 atom stereocenters. The monoisotopic (exact) mass is 321 g/mol. The molecule has 7 nitrogen and oxygen atoms in total. The summed E-state index contributed by atoms with van der Waals surface area (Å²) >= 11 is 0. The Balaban J connectivity index is 2.09. The second kappa shape index (κ2) is 6.54. The molecule has 0 aliphatic rings. The summed E-state index contributed by atoms with van der Waals surface area (Å²) in [6, 6.07) is 12.6. The van der Waals surface area contributed by atoms with E-state index in [-0.39, 0.29) is 10.6 Å². The van der Waals surface area contributed by atoms with Gasteiger partial charge in [-0.1, -0.05) is 12.1 Å². The van der Waals surface area contributed by atoms with Crippen LogP contribution >= 0.6 is 0 Å². The molecule has 2 aromatic rings. The van der Waals surface area contributed by atoms with Gasteiger partial charge < -0.3 is 5.32 Å². The van der Waals surface area contributed by atoms with E-state index in [2.05, 4.69) is 10.0 Å². The second-order valence-electron chi connectivity index (χ2n) is 4.51. The van der Waals surface area contributed by atoms with Gasteiger partial charge >= 0.3 is 0 Å². The quantitative estimate of drug-likeness (QED) is 0.627. The summed E-state index contributed by atoms with van der Waals surface area (Å²) in [5.41, 5.74) is 1.52. The molecule has 0 radical (unpaired) electrons. The summed E-state index contributed by atoms with van der Waals surface area (Å²) in [6.45, 7) is 0.408. The molecule has 0 saturated heterocycles. The first-order valence-corrected chi connectivity index (χ1v) is 7.91. The van der Waals surface area contributed by atoms with Crippen molar-refractivity contribution >= 4 is 21.4 Å². The van der Waals surface area contributed by atoms with Crippen molar-refractivity contribution in [2.24, 2.45) is 0 Å². The third kappa shape index (κ3) is 3.80. The van der Waals surface area contributed by atoms with Crippen LogP contribution in [0.4, 0.5) is 11.4 Å². The number of nitrogens with one attached hydrogen (secondary N) is 2. The topological polar surface area (TPSA) is 101 Å². The van der Waals surface area contributed by atoms with Crippen LogP contribution in [0.5, 0.6) is 0 Å². The number of hydrogen-bond donors (Lipinski definition) is 2. The van der Waals surface area contributed by atoms with Crippen molar-refractivity contribution in [3.8, 4) is 0 Å². The van der Waals surface area contributed by atoms with Crippen molar-refractivity contribution in [3.63, 3.8) is 0 Å². The molecule has 2 rings (SSSR count). The highest BCUT2D eigenvalue weighted by molar-refractivity contribution is 7.89. The summed E-state index contributed by atoms with van der Waals surface area (Å²) in [4.78, 5) is 10.3. The van der Waals surface area contributed by atoms with Crippen LogP contribution in [0, 0.1) is 10.1 Å². The number of anilines is 1. The van der Waals surface area contributed by atoms with Gasteiger partial charge in [-0.25, -0.2) is 13.1 Å². The molecular formula is C14H15N3O4S. The highest BCUT2D eigenvalue weighted by atomic mass is 32.2. The van der Waals surface area contributed by atoms with Crippen molar-refractivity contribution in [2.75, 3.05) is 12.4 Å². The molecule has 2 N–H and O–H groups in total. The summed E-state index contributed by atoms with van der Waals surface area (Å²) in [7, 11) is -2.11. The average molecular weight is 321 g/mol. The van der Waals surface area contributed by atoms with E-state index in [1.165, 1.54) is 25.2 Å². The molecule has 0 aliphatic carbocycles. The molecule has 0 spiro atoms. The minimum atomic E-state index is -3.47. The van der Waals surface area contributed by atoms with Crippen LogP contribution in [0.2, 0.25) is 0 Å². The number of sulfonamides is 1. The van der Waals surface area contributed by atoms with Crippen LogP contribution in [0.3, 0.4) is 0 Å². The van der Waals surface area contributed by atoms with Crippen molar-refractivity contribution in [1.82, 2.24) is 4.72 Å². The number of nitro benzene ring substituents is 1. The molecule has 0 amide bonds. The minimum absolute atomic E-state index is 0.0210. The lowest BCUT2D eigenvalue weighted by Crippen LogP contribution is -2.18. The number of nitrogens with zero attached hydrogens (tertiary/aromatic N) is 1. The summed E-state index contributed by atoms with van der Waals surface area (Å²) < 4.78 is 25.7. The smallest absolute Gasteiger partial charge is 0.269 e. The lowest BCUT2D eigenvalue weighted by Gasteiger charge is -2.08. The summed E-state index contributed by atoms with van der Waals surface area (Å²) in [6.07, 6.45) is 0. The highest BCUT2D eigenvalue weighted by Crippen LogP contribution is 2.17. The molecule has 8 heteroatoms. The second-order valence-corrected chi connectivity index (χ2v) is 6.40. The fourth-order valence-corrected chi connectivity index (χ4v) is 2.65. The first-order valence-electron chi connectivity index (χ1n) is 6.43. The molecule has 0 fully saturated rings. The van der Waals surface area contributed by atoms with E-state index in [9.17, 15) is 18.5 Å². The number of rotatable bonds is 6. The van der Waals surface area contributed by atoms with Crippen LogP contribution < -0.4 is 10.0 Å². The molecular weight excluding hydrogens is 306 g/mol. The van der Waals surface area contributed by atoms with Crippen LogP contribution in [-0.4, -0.2) is 20.4 Å². The Bertz CT molecular complexity index is 773. The van der Waals surface area contributed by atoms with Gasteiger partial charge in [-0.2, -0.15) is 0 Å². The van der Waals surface area contributed by atoms with Crippen LogP contribution in [-0.2, 0) is 16.6 Å². The van der Waals surface area contributed by atoms with Crippen LogP contribution in [0.1, 0.15) is 5.56 Å². The lowest BCUT2D eigenvalue weighted by molar-refractivity contribution is -0.384. The van der Waals surface area contributed by atoms with Gasteiger partial charge in [0, 0.05) is 24.4 Å². The Hall–Kier alpha value is -2.45. The summed E-state index contributed by atoms with van der Waals surface area (Å²) in [5, 5.41) is 13.7. The van der Waals surface area contributed by atoms with Crippen molar-refractivity contribution in [2.45, 2.75) is 11.4 Å². The highest BCUT2D eigenvalue weighted by Gasteiger charge is 2.11. The Morgan fingerprint density at radius 2 is 1.82 bits per heavy atom. The van der Waals surface area contributed by atoms with Gasteiger partial charge in [-0.05, 0) is 36.9 Å². The maximum absolute atomic E-state index is 11.7. The number of benzene rings is 2. The molecule has 22 heavy (non-hydrogen) atoms. The van der Waals surface area contributed by atoms with Gasteiger partial charge in [-0.15, -0.1) is 0 Å². The average Bonchev–Trinajstić information content (AvgIpc) is 2.53. The van der Waals surface area contributed by atoms with E-state index in [0.717, 1.165) is 5.56 Å². The molecule has 0 aromatic heterocycles. The Labute approximate surface area is 128 Å². The van der Waals surface area contributed by atoms with Gasteiger partial charge in [-0.3, -0.25) is 10.1 Å². The van der Waals surface area contributed by atoms with Gasteiger partial charge in [0.25, 0.3) is 5.69 Å². The predicted molar refractivity (Wildman–Crippen MR) is 83.1 cm³/mol. The first-order chi connectivity index (χ1) is 10.4. The SMILES string of the molecule is CNS(=O)(=O)c1cccc(CNc2ccc([N+](=O)[O-])cc2)c1. The molecule has 0 heterocycles. The van der Waals surface area contributed by atoms with Gasteiger partial charge in [0.2, 0.25) is 10.0 Å². The number of nitro groups is 1. The maximum Gasteiger partial charge on any atom is 0.269 e. The van der Waals surface area contributed by atoms with Crippen molar-refractivity contribution in [1.29, 1.82) is 0 Å². The molecule has 0 saturated carbocycles. The van der Waals surface area contributed by atoms with E-state index in [0.29, 0.717) is 12.2 Å². The van der Waals surface area contributed by atoms with E-state index in [1.54, 1.807) is 30.3 Å². The van der Waals surface area contributed by atoms with Crippen LogP contribution in [0.25, 0.3) is 0 Å². The van der Waals surface area contributed by atoms with E-state index in [1.807, 2.05) is 0 Å². The van der Waals surface area contributed by atoms with E-state index >= 15 is 0 Å². The van der Waals surface area contributed by atoms with Gasteiger partial charge in [0.05, 0.1) is 9.82 Å². The Kier molecular flexibility index (Phi) is 4.74. The number of hydrogen-bond acceptors (Lipinski definition) is 5. The first kappa shape index (κ1) is 15.9. The van der Waals surface area contributed by atoms with Crippen molar-refractivity contribution < 1.29 is 13.3 Å². The minimum Gasteiger partial charge on any atom is -0.381 e. The molecule has 2 aromatic carbocycles. The predicted octanol–water partition coefficient (Wildman–Crippen LogP) is 2.11. The van der Waals surface area contributed by atoms with Crippen molar-refractivity contribution in [3.05, 3.63) is 64.2 Å². The molecule has 0 aliphatic heterocycles. The van der Waals surface area contributed by atoms with Gasteiger partial charge in [0.1, 0.15) is 0 Å². The van der Waals surface area contributed by atoms with Gasteiger partial charge in [0.15, 0.2) is 0 Å². The third-order valence-electron chi connectivity index (χ3n) is 3.05. The zero-order valence-corrected chi connectivity index (χ0v) is 12.6. The van der Waals surface area contributed by atoms with E-state index < -0.39 is 14.9 Å². The molecule has 116 valence electrons. The normalized spacial score (nSPS) is 11.1. The zero-order valence-electron chi connectivity index (χ0n) is 11.8. The maximum atomic E-state index is 11.7. The zero-order chi connectivity index (χ0) is 16.2. The standard InChI is InChI=1S/C14H15N3O4S/c1-15-22(20,21)14-4-2-3-11(9-14)10-16-12-5-7-13(8-6-12)17(18)19/h2-9,15-16H,10H2,1H3. The fourth-order valence-electron chi connectivity index (χ4n) is 1.85. The van der Waals surface area contributed by atoms with E-state index in [4.69, 9.17) is 0 Å². The number of non-ortho nitro benzene ring substituents is 1.